The SMILES string of the molecule is O=C(O)c1ccc(NC(=O)C2(O)CC(O)c3cc(-c4cc(Cl)ccc4-n4cnnn4)c[n+]([O-])c32)cc1. The van der Waals surface area contributed by atoms with E-state index in [1.54, 1.807) is 18.2 Å². The number of aliphatic hydroxyl groups excluding tert-OH is 1. The van der Waals surface area contributed by atoms with Gasteiger partial charge in [0.05, 0.1) is 22.9 Å². The van der Waals surface area contributed by atoms with Crippen LogP contribution in [-0.2, 0) is 10.4 Å². The number of anilines is 1. The number of nitrogens with zero attached hydrogens (tertiary/aromatic N) is 5. The number of aromatic nitrogens is 5. The maximum atomic E-state index is 13.1. The van der Waals surface area contributed by atoms with Gasteiger partial charge in [0.1, 0.15) is 6.33 Å². The third-order valence-corrected chi connectivity index (χ3v) is 6.17. The zero-order valence-corrected chi connectivity index (χ0v) is 19.0. The van der Waals surface area contributed by atoms with Crippen LogP contribution in [0, 0.1) is 5.21 Å². The highest BCUT2D eigenvalue weighted by Crippen LogP contribution is 2.44. The highest BCUT2D eigenvalue weighted by molar-refractivity contribution is 6.31. The molecule has 1 aliphatic carbocycles. The molecule has 13 heteroatoms. The van der Waals surface area contributed by atoms with E-state index in [0.717, 1.165) is 6.20 Å². The Morgan fingerprint density at radius 1 is 1.19 bits per heavy atom. The largest absolute Gasteiger partial charge is 0.618 e. The molecule has 4 aromatic rings. The van der Waals surface area contributed by atoms with E-state index in [4.69, 9.17) is 16.7 Å². The van der Waals surface area contributed by atoms with Crippen LogP contribution < -0.4 is 10.0 Å². The Hall–Kier alpha value is -4.39. The Morgan fingerprint density at radius 2 is 1.94 bits per heavy atom. The Labute approximate surface area is 207 Å². The van der Waals surface area contributed by atoms with Gasteiger partial charge >= 0.3 is 5.97 Å². The monoisotopic (exact) mass is 508 g/mol. The van der Waals surface area contributed by atoms with Gasteiger partial charge in [-0.1, -0.05) is 11.6 Å². The second kappa shape index (κ2) is 8.68. The minimum absolute atomic E-state index is 0.0142. The molecule has 12 nitrogen and oxygen atoms in total. The molecule has 4 N–H and O–H groups in total. The lowest BCUT2D eigenvalue weighted by Gasteiger charge is -2.21. The van der Waals surface area contributed by atoms with Crippen LogP contribution in [0.2, 0.25) is 5.02 Å². The number of carbonyl (C=O) groups is 2. The molecule has 0 saturated carbocycles. The third-order valence-electron chi connectivity index (χ3n) is 5.93. The number of amides is 1. The topological polar surface area (TPSA) is 177 Å². The molecular weight excluding hydrogens is 492 g/mol. The second-order valence-corrected chi connectivity index (χ2v) is 8.63. The van der Waals surface area contributed by atoms with Crippen molar-refractivity contribution in [2.24, 2.45) is 0 Å². The van der Waals surface area contributed by atoms with Crippen LogP contribution in [0.25, 0.3) is 16.8 Å². The molecule has 1 aliphatic rings. The summed E-state index contributed by atoms with van der Waals surface area (Å²) in [5.74, 6) is -2.08. The van der Waals surface area contributed by atoms with Gasteiger partial charge in [0, 0.05) is 28.3 Å². The molecule has 36 heavy (non-hydrogen) atoms. The lowest BCUT2D eigenvalue weighted by atomic mass is 9.98. The first kappa shape index (κ1) is 23.4. The summed E-state index contributed by atoms with van der Waals surface area (Å²) < 4.78 is 1.72. The fourth-order valence-corrected chi connectivity index (χ4v) is 4.41. The van der Waals surface area contributed by atoms with Gasteiger partial charge in [-0.2, -0.15) is 9.41 Å². The normalized spacial score (nSPS) is 18.6. The maximum absolute atomic E-state index is 13.1. The van der Waals surface area contributed by atoms with Crippen LogP contribution in [0.4, 0.5) is 5.69 Å². The summed E-state index contributed by atoms with van der Waals surface area (Å²) in [4.78, 5) is 24.1. The Balaban J connectivity index is 1.53. The first-order valence-corrected chi connectivity index (χ1v) is 10.9. The van der Waals surface area contributed by atoms with E-state index >= 15 is 0 Å². The van der Waals surface area contributed by atoms with Crippen LogP contribution >= 0.6 is 11.6 Å². The molecule has 2 atom stereocenters. The number of carboxylic acid groups (broad SMARTS) is 1. The molecule has 2 heterocycles. The number of pyridine rings is 1. The number of carboxylic acids is 1. The summed E-state index contributed by atoms with van der Waals surface area (Å²) >= 11 is 6.18. The summed E-state index contributed by atoms with van der Waals surface area (Å²) in [5, 5.41) is 58.1. The fraction of sp³-hybridized carbons (Fsp3) is 0.130. The molecule has 0 fully saturated rings. The number of tetrazole rings is 1. The van der Waals surface area contributed by atoms with Crippen molar-refractivity contribution in [2.45, 2.75) is 18.1 Å². The summed E-state index contributed by atoms with van der Waals surface area (Å²) in [5.41, 5.74) is -1.02. The van der Waals surface area contributed by atoms with Gasteiger partial charge in [0.2, 0.25) is 11.3 Å². The molecule has 0 bridgehead atoms. The molecule has 182 valence electrons. The first-order valence-electron chi connectivity index (χ1n) is 10.5. The fourth-order valence-electron chi connectivity index (χ4n) is 4.24. The molecule has 5 rings (SSSR count). The summed E-state index contributed by atoms with van der Waals surface area (Å²) in [6.07, 6.45) is 0.756. The van der Waals surface area contributed by atoms with Gasteiger partial charge in [-0.05, 0) is 59.0 Å². The molecule has 0 saturated heterocycles. The predicted octanol–water partition coefficient (Wildman–Crippen LogP) is 1.58. The van der Waals surface area contributed by atoms with Crippen LogP contribution in [0.1, 0.15) is 34.1 Å². The van der Waals surface area contributed by atoms with E-state index in [1.165, 1.54) is 41.3 Å². The van der Waals surface area contributed by atoms with Gasteiger partial charge < -0.3 is 25.8 Å². The lowest BCUT2D eigenvalue weighted by molar-refractivity contribution is -0.619. The number of carbonyl (C=O) groups excluding carboxylic acids is 1. The summed E-state index contributed by atoms with van der Waals surface area (Å²) in [6, 6.07) is 11.7. The number of benzene rings is 2. The highest BCUT2D eigenvalue weighted by Gasteiger charge is 2.54. The van der Waals surface area contributed by atoms with Crippen molar-refractivity contribution in [3.63, 3.8) is 0 Å². The van der Waals surface area contributed by atoms with Gasteiger partial charge in [-0.3, -0.25) is 4.79 Å². The van der Waals surface area contributed by atoms with Gasteiger partial charge in [0.15, 0.2) is 6.20 Å². The zero-order valence-electron chi connectivity index (χ0n) is 18.2. The molecule has 1 amide bonds. The maximum Gasteiger partial charge on any atom is 0.335 e. The quantitative estimate of drug-likeness (QED) is 0.230. The molecule has 2 aromatic heterocycles. The molecular formula is C23H17ClN6O6. The van der Waals surface area contributed by atoms with Crippen molar-refractivity contribution in [1.29, 1.82) is 0 Å². The van der Waals surface area contributed by atoms with E-state index in [0.29, 0.717) is 26.6 Å². The van der Waals surface area contributed by atoms with Crippen LogP contribution in [0.15, 0.2) is 61.1 Å². The van der Waals surface area contributed by atoms with Crippen molar-refractivity contribution < 1.29 is 29.6 Å². The Kier molecular flexibility index (Phi) is 5.63. The van der Waals surface area contributed by atoms with Crippen molar-refractivity contribution in [3.8, 4) is 16.8 Å². The number of halogens is 1. The number of aliphatic hydroxyl groups is 2. The predicted molar refractivity (Wildman–Crippen MR) is 124 cm³/mol. The number of rotatable bonds is 5. The van der Waals surface area contributed by atoms with E-state index in [2.05, 4.69) is 20.8 Å². The van der Waals surface area contributed by atoms with E-state index in [9.17, 15) is 25.0 Å². The number of hydrogen-bond acceptors (Lipinski definition) is 8. The molecule has 0 spiro atoms. The van der Waals surface area contributed by atoms with Crippen LogP contribution in [0.3, 0.4) is 0 Å². The number of hydrogen-bond donors (Lipinski definition) is 4. The zero-order chi connectivity index (χ0) is 25.6. The summed E-state index contributed by atoms with van der Waals surface area (Å²) in [7, 11) is 0. The van der Waals surface area contributed by atoms with Gasteiger partial charge in [0.25, 0.3) is 5.91 Å². The minimum atomic E-state index is -2.34. The minimum Gasteiger partial charge on any atom is -0.618 e. The van der Waals surface area contributed by atoms with Crippen molar-refractivity contribution >= 4 is 29.2 Å². The number of aromatic carboxylic acids is 1. The van der Waals surface area contributed by atoms with E-state index < -0.39 is 30.0 Å². The molecule has 0 radical (unpaired) electrons. The number of fused-ring (bicyclic) bond motifs is 1. The van der Waals surface area contributed by atoms with Crippen molar-refractivity contribution in [1.82, 2.24) is 20.2 Å². The van der Waals surface area contributed by atoms with Crippen LogP contribution in [-0.4, -0.2) is 47.4 Å². The highest BCUT2D eigenvalue weighted by atomic mass is 35.5. The van der Waals surface area contributed by atoms with Gasteiger partial charge in [-0.25, -0.2) is 4.79 Å². The van der Waals surface area contributed by atoms with E-state index in [1.807, 2.05) is 0 Å². The van der Waals surface area contributed by atoms with Crippen LogP contribution in [0.5, 0.6) is 0 Å². The average molecular weight is 509 g/mol. The van der Waals surface area contributed by atoms with E-state index in [-0.39, 0.29) is 22.5 Å². The molecule has 0 aliphatic heterocycles. The molecule has 2 aromatic carbocycles. The smallest absolute Gasteiger partial charge is 0.335 e. The summed E-state index contributed by atoms with van der Waals surface area (Å²) in [6.45, 7) is 0. The Bertz CT molecular complexity index is 1490. The third kappa shape index (κ3) is 3.92. The first-order chi connectivity index (χ1) is 17.2. The second-order valence-electron chi connectivity index (χ2n) is 8.19. The standard InChI is InChI=1S/C23H17ClN6O6/c24-14-3-6-18(29-11-25-27-28-29)16(8-14)13-7-17-19(31)9-23(35,20(17)30(36)10-13)22(34)26-15-4-1-12(2-5-15)21(32)33/h1-8,10-11,19,31,35H,9H2,(H,26,34)(H,32,33). The van der Waals surface area contributed by atoms with Crippen molar-refractivity contribution in [3.05, 3.63) is 88.1 Å². The number of nitrogens with one attached hydrogen (secondary N) is 1. The molecule has 2 unspecified atom stereocenters. The average Bonchev–Trinajstić information content (AvgIpc) is 3.46. The van der Waals surface area contributed by atoms with Crippen molar-refractivity contribution in [2.75, 3.05) is 5.32 Å². The van der Waals surface area contributed by atoms with Gasteiger partial charge in [-0.15, -0.1) is 5.10 Å². The lowest BCUT2D eigenvalue weighted by Crippen LogP contribution is -2.47. The Morgan fingerprint density at radius 3 is 2.61 bits per heavy atom.